The molecule has 0 bridgehead atoms. The molecule has 0 amide bonds. The van der Waals surface area contributed by atoms with E-state index in [9.17, 15) is 0 Å². The first-order valence-corrected chi connectivity index (χ1v) is 6.27. The van der Waals surface area contributed by atoms with Crippen LogP contribution in [-0.2, 0) is 13.5 Å². The lowest BCUT2D eigenvalue weighted by Gasteiger charge is -2.24. The highest BCUT2D eigenvalue weighted by Gasteiger charge is 2.07. The quantitative estimate of drug-likeness (QED) is 0.819. The summed E-state index contributed by atoms with van der Waals surface area (Å²) in [5.41, 5.74) is 9.22. The number of nitrogen functional groups attached to an aromatic ring is 1. The maximum Gasteiger partial charge on any atom is 0.0599 e. The van der Waals surface area contributed by atoms with Gasteiger partial charge in [0.05, 0.1) is 17.6 Å². The highest BCUT2D eigenvalue weighted by Crippen LogP contribution is 2.22. The van der Waals surface area contributed by atoms with E-state index >= 15 is 0 Å². The number of hydrogen-bond donors (Lipinski definition) is 1. The number of hydrogen-bond acceptors (Lipinski definition) is 3. The third kappa shape index (κ3) is 2.83. The molecule has 4 heteroatoms. The monoisotopic (exact) mass is 244 g/mol. The molecule has 0 aliphatic heterocycles. The molecule has 0 saturated heterocycles. The molecule has 1 aromatic carbocycles. The van der Waals surface area contributed by atoms with Gasteiger partial charge < -0.3 is 10.6 Å². The second kappa shape index (κ2) is 5.58. The Morgan fingerprint density at radius 3 is 2.72 bits per heavy atom. The molecule has 4 nitrogen and oxygen atoms in total. The van der Waals surface area contributed by atoms with E-state index in [2.05, 4.69) is 29.2 Å². The fourth-order valence-electron chi connectivity index (χ4n) is 2.09. The zero-order valence-corrected chi connectivity index (χ0v) is 11.0. The molecule has 2 aromatic rings. The summed E-state index contributed by atoms with van der Waals surface area (Å²) in [6, 6.07) is 8.01. The third-order valence-electron chi connectivity index (χ3n) is 3.09. The Bertz CT molecular complexity index is 504. The maximum atomic E-state index is 6.01. The normalized spacial score (nSPS) is 10.6. The number of likely N-dealkylation sites (N-methyl/N-ethyl adjacent to an activating group) is 1. The van der Waals surface area contributed by atoms with Crippen LogP contribution in [0.15, 0.2) is 36.7 Å². The van der Waals surface area contributed by atoms with E-state index in [0.29, 0.717) is 0 Å². The highest BCUT2D eigenvalue weighted by molar-refractivity contribution is 5.67. The molecule has 0 saturated carbocycles. The van der Waals surface area contributed by atoms with Gasteiger partial charge in [-0.3, -0.25) is 4.68 Å². The Morgan fingerprint density at radius 1 is 1.33 bits per heavy atom. The summed E-state index contributed by atoms with van der Waals surface area (Å²) in [6.07, 6.45) is 4.96. The number of aryl methyl sites for hydroxylation is 1. The van der Waals surface area contributed by atoms with Crippen molar-refractivity contribution in [2.75, 3.05) is 23.7 Å². The van der Waals surface area contributed by atoms with Gasteiger partial charge in [-0.15, -0.1) is 0 Å². The van der Waals surface area contributed by atoms with E-state index in [1.165, 1.54) is 5.56 Å². The summed E-state index contributed by atoms with van der Waals surface area (Å²) in [7, 11) is 1.94. The van der Waals surface area contributed by atoms with E-state index in [1.807, 2.05) is 36.1 Å². The molecule has 96 valence electrons. The molecular weight excluding hydrogens is 224 g/mol. The van der Waals surface area contributed by atoms with Gasteiger partial charge in [0, 0.05) is 26.3 Å². The van der Waals surface area contributed by atoms with Crippen LogP contribution in [0.25, 0.3) is 0 Å². The van der Waals surface area contributed by atoms with E-state index in [1.54, 1.807) is 0 Å². The van der Waals surface area contributed by atoms with Crippen LogP contribution in [0, 0.1) is 0 Å². The average molecular weight is 244 g/mol. The summed E-state index contributed by atoms with van der Waals surface area (Å²) >= 11 is 0. The van der Waals surface area contributed by atoms with Crippen molar-refractivity contribution in [3.05, 3.63) is 42.2 Å². The SMILES string of the molecule is CCN(CCc1cnn(C)c1)c1ccccc1N. The van der Waals surface area contributed by atoms with E-state index in [0.717, 1.165) is 30.9 Å². The molecule has 18 heavy (non-hydrogen) atoms. The van der Waals surface area contributed by atoms with Gasteiger partial charge in [-0.1, -0.05) is 12.1 Å². The predicted octanol–water partition coefficient (Wildman–Crippen LogP) is 2.07. The van der Waals surface area contributed by atoms with Crippen LogP contribution >= 0.6 is 0 Å². The molecular formula is C14H20N4. The number of benzene rings is 1. The maximum absolute atomic E-state index is 6.01. The minimum absolute atomic E-state index is 0.838. The van der Waals surface area contributed by atoms with Crippen molar-refractivity contribution in [2.45, 2.75) is 13.3 Å². The van der Waals surface area contributed by atoms with Crippen LogP contribution in [0.4, 0.5) is 11.4 Å². The van der Waals surface area contributed by atoms with Crippen LogP contribution in [0.3, 0.4) is 0 Å². The van der Waals surface area contributed by atoms with Crippen LogP contribution < -0.4 is 10.6 Å². The lowest BCUT2D eigenvalue weighted by atomic mass is 10.2. The Morgan fingerprint density at radius 2 is 2.11 bits per heavy atom. The summed E-state index contributed by atoms with van der Waals surface area (Å²) in [4.78, 5) is 2.29. The van der Waals surface area contributed by atoms with Gasteiger partial charge in [-0.05, 0) is 31.0 Å². The Labute approximate surface area is 108 Å². The number of anilines is 2. The van der Waals surface area contributed by atoms with Crippen molar-refractivity contribution in [3.63, 3.8) is 0 Å². The molecule has 0 fully saturated rings. The van der Waals surface area contributed by atoms with Gasteiger partial charge in [0.1, 0.15) is 0 Å². The number of rotatable bonds is 5. The zero-order chi connectivity index (χ0) is 13.0. The lowest BCUT2D eigenvalue weighted by molar-refractivity contribution is 0.765. The van der Waals surface area contributed by atoms with Crippen LogP contribution in [0.2, 0.25) is 0 Å². The smallest absolute Gasteiger partial charge is 0.0599 e. The molecule has 2 rings (SSSR count). The standard InChI is InChI=1S/C14H20N4/c1-3-18(14-7-5-4-6-13(14)15)9-8-12-10-16-17(2)11-12/h4-7,10-11H,3,8-9,15H2,1-2H3. The molecule has 0 unspecified atom stereocenters. The van der Waals surface area contributed by atoms with Gasteiger partial charge in [-0.25, -0.2) is 0 Å². The summed E-state index contributed by atoms with van der Waals surface area (Å²) in [6.45, 7) is 4.06. The van der Waals surface area contributed by atoms with Crippen molar-refractivity contribution >= 4 is 11.4 Å². The van der Waals surface area contributed by atoms with E-state index in [4.69, 9.17) is 5.73 Å². The predicted molar refractivity (Wildman–Crippen MR) is 75.7 cm³/mol. The fraction of sp³-hybridized carbons (Fsp3) is 0.357. The average Bonchev–Trinajstić information content (AvgIpc) is 2.78. The molecule has 0 aliphatic rings. The van der Waals surface area contributed by atoms with Gasteiger partial charge in [0.2, 0.25) is 0 Å². The Hall–Kier alpha value is -1.97. The van der Waals surface area contributed by atoms with Crippen LogP contribution in [0.5, 0.6) is 0 Å². The van der Waals surface area contributed by atoms with Crippen LogP contribution in [0.1, 0.15) is 12.5 Å². The second-order valence-electron chi connectivity index (χ2n) is 4.41. The molecule has 0 spiro atoms. The number of nitrogens with zero attached hydrogens (tertiary/aromatic N) is 3. The van der Waals surface area contributed by atoms with Crippen molar-refractivity contribution < 1.29 is 0 Å². The topological polar surface area (TPSA) is 47.1 Å². The zero-order valence-electron chi connectivity index (χ0n) is 11.0. The number of nitrogens with two attached hydrogens (primary N) is 1. The van der Waals surface area contributed by atoms with E-state index < -0.39 is 0 Å². The molecule has 0 radical (unpaired) electrons. The van der Waals surface area contributed by atoms with Gasteiger partial charge >= 0.3 is 0 Å². The van der Waals surface area contributed by atoms with Gasteiger partial charge in [0.25, 0.3) is 0 Å². The molecule has 0 atom stereocenters. The molecule has 1 aromatic heterocycles. The van der Waals surface area contributed by atoms with Crippen LogP contribution in [-0.4, -0.2) is 22.9 Å². The van der Waals surface area contributed by atoms with Crippen molar-refractivity contribution in [1.29, 1.82) is 0 Å². The summed E-state index contributed by atoms with van der Waals surface area (Å²) < 4.78 is 1.84. The first-order valence-electron chi connectivity index (χ1n) is 6.27. The first-order chi connectivity index (χ1) is 8.70. The van der Waals surface area contributed by atoms with Gasteiger partial charge in [-0.2, -0.15) is 5.10 Å². The number of aromatic nitrogens is 2. The lowest BCUT2D eigenvalue weighted by Crippen LogP contribution is -2.26. The summed E-state index contributed by atoms with van der Waals surface area (Å²) in [5.74, 6) is 0. The third-order valence-corrected chi connectivity index (χ3v) is 3.09. The Balaban J connectivity index is 2.04. The molecule has 1 heterocycles. The minimum atomic E-state index is 0.838. The Kier molecular flexibility index (Phi) is 3.87. The molecule has 0 aliphatic carbocycles. The van der Waals surface area contributed by atoms with Crippen molar-refractivity contribution in [2.24, 2.45) is 7.05 Å². The highest BCUT2D eigenvalue weighted by atomic mass is 15.2. The largest absolute Gasteiger partial charge is 0.397 e. The first kappa shape index (κ1) is 12.5. The van der Waals surface area contributed by atoms with Crippen molar-refractivity contribution in [1.82, 2.24) is 9.78 Å². The second-order valence-corrected chi connectivity index (χ2v) is 4.41. The fourth-order valence-corrected chi connectivity index (χ4v) is 2.09. The number of para-hydroxylation sites is 2. The minimum Gasteiger partial charge on any atom is -0.397 e. The van der Waals surface area contributed by atoms with Gasteiger partial charge in [0.15, 0.2) is 0 Å². The van der Waals surface area contributed by atoms with Crippen molar-refractivity contribution in [3.8, 4) is 0 Å². The summed E-state index contributed by atoms with van der Waals surface area (Å²) in [5, 5.41) is 4.18. The molecule has 2 N–H and O–H groups in total. The van der Waals surface area contributed by atoms with E-state index in [-0.39, 0.29) is 0 Å².